The van der Waals surface area contributed by atoms with E-state index in [4.69, 9.17) is 9.15 Å². The van der Waals surface area contributed by atoms with Crippen LogP contribution in [0.1, 0.15) is 35.8 Å². The Balaban J connectivity index is 1.54. The molecular formula is C20H26N2O3. The van der Waals surface area contributed by atoms with Crippen LogP contribution in [0.2, 0.25) is 0 Å². The minimum atomic E-state index is -0.114. The zero-order valence-electron chi connectivity index (χ0n) is 15.0. The third-order valence-corrected chi connectivity index (χ3v) is 4.86. The second-order valence-corrected chi connectivity index (χ2v) is 6.57. The number of likely N-dealkylation sites (tertiary alicyclic amines) is 1. The monoisotopic (exact) mass is 342 g/mol. The minimum absolute atomic E-state index is 0.0230. The normalized spacial score (nSPS) is 15.9. The summed E-state index contributed by atoms with van der Waals surface area (Å²) >= 11 is 0. The summed E-state index contributed by atoms with van der Waals surface area (Å²) in [6.07, 6.45) is 4.08. The molecule has 1 amide bonds. The molecule has 5 nitrogen and oxygen atoms in total. The average molecular weight is 342 g/mol. The molecule has 1 aliphatic rings. The number of carbonyl (C=O) groups excluding carboxylic acids is 1. The van der Waals surface area contributed by atoms with Crippen LogP contribution in [0.25, 0.3) is 0 Å². The zero-order valence-corrected chi connectivity index (χ0v) is 15.0. The van der Waals surface area contributed by atoms with Gasteiger partial charge in [0.25, 0.3) is 5.91 Å². The molecule has 1 saturated heterocycles. The maximum absolute atomic E-state index is 12.2. The largest absolute Gasteiger partial charge is 0.483 e. The van der Waals surface area contributed by atoms with Crippen molar-refractivity contribution in [3.05, 3.63) is 53.5 Å². The highest BCUT2D eigenvalue weighted by Crippen LogP contribution is 2.25. The van der Waals surface area contributed by atoms with Crippen LogP contribution in [0.3, 0.4) is 0 Å². The first kappa shape index (κ1) is 17.5. The van der Waals surface area contributed by atoms with E-state index in [0.717, 1.165) is 35.7 Å². The minimum Gasteiger partial charge on any atom is -0.483 e. The highest BCUT2D eigenvalue weighted by Gasteiger charge is 2.25. The van der Waals surface area contributed by atoms with Crippen molar-refractivity contribution in [3.8, 4) is 5.75 Å². The van der Waals surface area contributed by atoms with Gasteiger partial charge >= 0.3 is 0 Å². The Labute approximate surface area is 149 Å². The van der Waals surface area contributed by atoms with Gasteiger partial charge in [-0.15, -0.1) is 0 Å². The van der Waals surface area contributed by atoms with Crippen LogP contribution in [0.15, 0.2) is 41.0 Å². The lowest BCUT2D eigenvalue weighted by Gasteiger charge is -2.26. The Hall–Kier alpha value is -2.27. The molecule has 5 heteroatoms. The number of nitrogens with zero attached hydrogens (tertiary/aromatic N) is 1. The summed E-state index contributed by atoms with van der Waals surface area (Å²) in [7, 11) is 0. The summed E-state index contributed by atoms with van der Waals surface area (Å²) in [5.74, 6) is 1.55. The fraction of sp³-hybridized carbons (Fsp3) is 0.450. The van der Waals surface area contributed by atoms with Crippen LogP contribution in [0.5, 0.6) is 5.75 Å². The topological polar surface area (TPSA) is 54.7 Å². The third kappa shape index (κ3) is 4.42. The summed E-state index contributed by atoms with van der Waals surface area (Å²) in [6, 6.07) is 9.82. The van der Waals surface area contributed by atoms with Crippen molar-refractivity contribution in [2.75, 3.05) is 26.2 Å². The smallest absolute Gasteiger partial charge is 0.258 e. The number of furan rings is 1. The molecule has 0 aliphatic carbocycles. The van der Waals surface area contributed by atoms with Gasteiger partial charge in [-0.25, -0.2) is 0 Å². The number of hydrogen-bond donors (Lipinski definition) is 1. The van der Waals surface area contributed by atoms with Crippen molar-refractivity contribution in [1.82, 2.24) is 10.2 Å². The van der Waals surface area contributed by atoms with E-state index < -0.39 is 0 Å². The summed E-state index contributed by atoms with van der Waals surface area (Å²) in [5.41, 5.74) is 2.23. The zero-order chi connectivity index (χ0) is 17.6. The fourth-order valence-corrected chi connectivity index (χ4v) is 3.23. The van der Waals surface area contributed by atoms with E-state index in [1.807, 2.05) is 44.2 Å². The van der Waals surface area contributed by atoms with Crippen molar-refractivity contribution in [2.24, 2.45) is 0 Å². The van der Waals surface area contributed by atoms with E-state index in [1.54, 1.807) is 6.26 Å². The number of nitrogens with one attached hydrogen (secondary N) is 1. The van der Waals surface area contributed by atoms with Crippen molar-refractivity contribution in [2.45, 2.75) is 32.7 Å². The molecule has 1 aromatic carbocycles. The van der Waals surface area contributed by atoms with E-state index in [9.17, 15) is 4.79 Å². The van der Waals surface area contributed by atoms with E-state index in [0.29, 0.717) is 6.54 Å². The van der Waals surface area contributed by atoms with Gasteiger partial charge in [0.2, 0.25) is 0 Å². The number of rotatable bonds is 7. The number of aryl methyl sites for hydroxylation is 1. The second kappa shape index (κ2) is 8.21. The highest BCUT2D eigenvalue weighted by atomic mass is 16.5. The van der Waals surface area contributed by atoms with Gasteiger partial charge in [0, 0.05) is 6.54 Å². The van der Waals surface area contributed by atoms with Crippen LogP contribution in [0, 0.1) is 13.8 Å². The fourth-order valence-electron chi connectivity index (χ4n) is 3.23. The van der Waals surface area contributed by atoms with Crippen molar-refractivity contribution in [3.63, 3.8) is 0 Å². The van der Waals surface area contributed by atoms with E-state index in [1.165, 1.54) is 12.8 Å². The van der Waals surface area contributed by atoms with Gasteiger partial charge in [-0.05, 0) is 69.1 Å². The van der Waals surface area contributed by atoms with Gasteiger partial charge in [-0.2, -0.15) is 0 Å². The molecule has 3 rings (SSSR count). The maximum Gasteiger partial charge on any atom is 0.258 e. The summed E-state index contributed by atoms with van der Waals surface area (Å²) < 4.78 is 11.3. The predicted octanol–water partition coefficient (Wildman–Crippen LogP) is 3.23. The van der Waals surface area contributed by atoms with Gasteiger partial charge in [0.15, 0.2) is 6.61 Å². The van der Waals surface area contributed by atoms with Gasteiger partial charge < -0.3 is 14.5 Å². The molecular weight excluding hydrogens is 316 g/mol. The van der Waals surface area contributed by atoms with Crippen LogP contribution in [0.4, 0.5) is 0 Å². The lowest BCUT2D eigenvalue weighted by molar-refractivity contribution is -0.123. The van der Waals surface area contributed by atoms with Crippen molar-refractivity contribution in [1.29, 1.82) is 0 Å². The average Bonchev–Trinajstić information content (AvgIpc) is 3.30. The molecule has 1 aromatic heterocycles. The Bertz CT molecular complexity index is 691. The number of hydrogen-bond acceptors (Lipinski definition) is 4. The number of amides is 1. The molecule has 25 heavy (non-hydrogen) atoms. The first-order valence-electron chi connectivity index (χ1n) is 8.88. The Morgan fingerprint density at radius 2 is 2.04 bits per heavy atom. The van der Waals surface area contributed by atoms with Gasteiger partial charge in [-0.3, -0.25) is 9.69 Å². The predicted molar refractivity (Wildman–Crippen MR) is 96.7 cm³/mol. The molecule has 1 aliphatic heterocycles. The van der Waals surface area contributed by atoms with E-state index in [-0.39, 0.29) is 18.6 Å². The first-order chi connectivity index (χ1) is 12.1. The van der Waals surface area contributed by atoms with Gasteiger partial charge in [0.1, 0.15) is 11.5 Å². The van der Waals surface area contributed by atoms with Crippen molar-refractivity contribution >= 4 is 5.91 Å². The molecule has 0 saturated carbocycles. The molecule has 134 valence electrons. The maximum atomic E-state index is 12.2. The Morgan fingerprint density at radius 1 is 1.24 bits per heavy atom. The van der Waals surface area contributed by atoms with Crippen LogP contribution in [-0.2, 0) is 4.79 Å². The first-order valence-corrected chi connectivity index (χ1v) is 8.88. The van der Waals surface area contributed by atoms with E-state index >= 15 is 0 Å². The summed E-state index contributed by atoms with van der Waals surface area (Å²) in [5, 5.41) is 2.99. The lowest BCUT2D eigenvalue weighted by atomic mass is 10.1. The second-order valence-electron chi connectivity index (χ2n) is 6.57. The number of carbonyl (C=O) groups is 1. The van der Waals surface area contributed by atoms with Crippen LogP contribution >= 0.6 is 0 Å². The summed E-state index contributed by atoms with van der Waals surface area (Å²) in [6.45, 7) is 6.67. The molecule has 2 aromatic rings. The molecule has 0 bridgehead atoms. The molecule has 0 unspecified atom stereocenters. The molecule has 1 fully saturated rings. The summed E-state index contributed by atoms with van der Waals surface area (Å²) in [4.78, 5) is 14.6. The molecule has 0 spiro atoms. The third-order valence-electron chi connectivity index (χ3n) is 4.86. The number of ether oxygens (including phenoxy) is 1. The Kier molecular flexibility index (Phi) is 5.76. The standard InChI is InChI=1S/C20H26N2O3/c1-15-7-5-8-18(16(15)2)25-14-20(23)21-13-17(19-9-6-12-24-19)22-10-3-4-11-22/h5-9,12,17H,3-4,10-11,13-14H2,1-2H3,(H,21,23)/t17-/m0/s1. The lowest BCUT2D eigenvalue weighted by Crippen LogP contribution is -2.38. The van der Waals surface area contributed by atoms with E-state index in [2.05, 4.69) is 10.2 Å². The van der Waals surface area contributed by atoms with Gasteiger partial charge in [-0.1, -0.05) is 12.1 Å². The molecule has 0 radical (unpaired) electrons. The molecule has 1 atom stereocenters. The molecule has 2 heterocycles. The van der Waals surface area contributed by atoms with Crippen LogP contribution < -0.4 is 10.1 Å². The van der Waals surface area contributed by atoms with Gasteiger partial charge in [0.05, 0.1) is 12.3 Å². The Morgan fingerprint density at radius 3 is 2.76 bits per heavy atom. The highest BCUT2D eigenvalue weighted by molar-refractivity contribution is 5.77. The SMILES string of the molecule is Cc1cccc(OCC(=O)NC[C@@H](c2ccco2)N2CCCC2)c1C. The van der Waals surface area contributed by atoms with Crippen LogP contribution in [-0.4, -0.2) is 37.0 Å². The quantitative estimate of drug-likeness (QED) is 0.839. The number of benzene rings is 1. The molecule has 1 N–H and O–H groups in total. The van der Waals surface area contributed by atoms with Crippen molar-refractivity contribution < 1.29 is 13.9 Å².